The maximum absolute atomic E-state index is 12.1. The van der Waals surface area contributed by atoms with Crippen molar-refractivity contribution >= 4 is 28.3 Å². The van der Waals surface area contributed by atoms with Crippen LogP contribution in [0.5, 0.6) is 5.75 Å². The van der Waals surface area contributed by atoms with Crippen molar-refractivity contribution in [2.75, 3.05) is 11.9 Å². The van der Waals surface area contributed by atoms with Gasteiger partial charge in [0.2, 0.25) is 5.91 Å². The van der Waals surface area contributed by atoms with E-state index in [4.69, 9.17) is 9.84 Å². The minimum atomic E-state index is -1.02. The van der Waals surface area contributed by atoms with E-state index in [-0.39, 0.29) is 12.5 Å². The summed E-state index contributed by atoms with van der Waals surface area (Å²) in [6.07, 6.45) is 0. The van der Waals surface area contributed by atoms with Gasteiger partial charge in [-0.15, -0.1) is 11.3 Å². The average Bonchev–Trinajstić information content (AvgIpc) is 2.85. The van der Waals surface area contributed by atoms with Crippen LogP contribution in [0.15, 0.2) is 24.3 Å². The van der Waals surface area contributed by atoms with Crippen LogP contribution in [-0.2, 0) is 9.59 Å². The zero-order valence-corrected chi connectivity index (χ0v) is 14.9. The van der Waals surface area contributed by atoms with Gasteiger partial charge in [-0.1, -0.05) is 20.8 Å². The molecule has 1 heterocycles. The Morgan fingerprint density at radius 1 is 1.25 bits per heavy atom. The van der Waals surface area contributed by atoms with Crippen LogP contribution >= 0.6 is 11.3 Å². The van der Waals surface area contributed by atoms with Gasteiger partial charge in [-0.05, 0) is 31.2 Å². The molecule has 0 saturated carbocycles. The van der Waals surface area contributed by atoms with Gasteiger partial charge in [-0.2, -0.15) is 0 Å². The number of carboxylic acids is 1. The molecular weight excluding hydrogens is 328 g/mol. The van der Waals surface area contributed by atoms with E-state index in [9.17, 15) is 9.59 Å². The maximum Gasteiger partial charge on any atom is 0.341 e. The molecular formula is C17H20N2O4S. The first-order valence-corrected chi connectivity index (χ1v) is 8.22. The molecule has 0 radical (unpaired) electrons. The third kappa shape index (κ3) is 4.55. The molecule has 2 aromatic rings. The molecule has 0 aliphatic carbocycles. The molecule has 1 amide bonds. The number of nitrogens with one attached hydrogen (secondary N) is 1. The second kappa shape index (κ2) is 7.00. The average molecular weight is 348 g/mol. The molecule has 24 heavy (non-hydrogen) atoms. The molecule has 0 fully saturated rings. The molecule has 0 unspecified atom stereocenters. The van der Waals surface area contributed by atoms with Crippen LogP contribution in [0.2, 0.25) is 0 Å². The Balaban J connectivity index is 2.15. The van der Waals surface area contributed by atoms with Crippen molar-refractivity contribution in [3.05, 3.63) is 29.1 Å². The number of ether oxygens (including phenoxy) is 1. The third-order valence-electron chi connectivity index (χ3n) is 3.19. The molecule has 0 aliphatic heterocycles. The predicted octanol–water partition coefficient (Wildman–Crippen LogP) is 3.57. The number of amides is 1. The highest BCUT2D eigenvalue weighted by Crippen LogP contribution is 2.32. The number of carbonyl (C=O) groups excluding carboxylic acids is 1. The largest absolute Gasteiger partial charge is 0.482 e. The summed E-state index contributed by atoms with van der Waals surface area (Å²) in [7, 11) is 0. The minimum Gasteiger partial charge on any atom is -0.482 e. The lowest BCUT2D eigenvalue weighted by atomic mass is 9.96. The lowest BCUT2D eigenvalue weighted by Crippen LogP contribution is -2.27. The monoisotopic (exact) mass is 348 g/mol. The van der Waals surface area contributed by atoms with Crippen LogP contribution in [0.1, 0.15) is 25.6 Å². The lowest BCUT2D eigenvalue weighted by molar-refractivity contribution is -0.139. The zero-order chi connectivity index (χ0) is 17.9. The normalized spacial score (nSPS) is 11.2. The van der Waals surface area contributed by atoms with E-state index in [1.54, 1.807) is 12.1 Å². The second-order valence-electron chi connectivity index (χ2n) is 6.33. The van der Waals surface area contributed by atoms with Crippen molar-refractivity contribution in [1.29, 1.82) is 0 Å². The van der Waals surface area contributed by atoms with E-state index in [0.717, 1.165) is 16.1 Å². The lowest BCUT2D eigenvalue weighted by Gasteiger charge is -2.15. The fraction of sp³-hybridized carbons (Fsp3) is 0.353. The summed E-state index contributed by atoms with van der Waals surface area (Å²) in [6, 6.07) is 7.03. The Morgan fingerprint density at radius 3 is 2.42 bits per heavy atom. The molecule has 1 aromatic heterocycles. The van der Waals surface area contributed by atoms with E-state index in [2.05, 4.69) is 10.3 Å². The number of rotatable bonds is 5. The highest BCUT2D eigenvalue weighted by atomic mass is 32.1. The number of hydrogen-bond acceptors (Lipinski definition) is 5. The van der Waals surface area contributed by atoms with Gasteiger partial charge in [-0.25, -0.2) is 9.78 Å². The molecule has 2 N–H and O–H groups in total. The van der Waals surface area contributed by atoms with Crippen molar-refractivity contribution in [3.63, 3.8) is 0 Å². The number of carboxylic acid groups (broad SMARTS) is 1. The van der Waals surface area contributed by atoms with Crippen LogP contribution in [0.4, 0.5) is 5.13 Å². The Bertz CT molecular complexity index is 745. The Labute approximate surface area is 144 Å². The molecule has 6 nitrogen and oxygen atoms in total. The van der Waals surface area contributed by atoms with Gasteiger partial charge in [0, 0.05) is 15.9 Å². The van der Waals surface area contributed by atoms with Crippen molar-refractivity contribution in [2.45, 2.75) is 27.7 Å². The summed E-state index contributed by atoms with van der Waals surface area (Å²) in [5, 5.41) is 12.0. The Hall–Kier alpha value is -2.41. The van der Waals surface area contributed by atoms with Crippen LogP contribution in [0, 0.1) is 12.3 Å². The molecule has 0 spiro atoms. The van der Waals surface area contributed by atoms with Crippen molar-refractivity contribution in [1.82, 2.24) is 4.98 Å². The number of hydrogen-bond donors (Lipinski definition) is 2. The number of thiazole rings is 1. The highest BCUT2D eigenvalue weighted by Gasteiger charge is 2.22. The Morgan fingerprint density at radius 2 is 1.88 bits per heavy atom. The highest BCUT2D eigenvalue weighted by molar-refractivity contribution is 7.16. The molecule has 0 atom stereocenters. The fourth-order valence-corrected chi connectivity index (χ4v) is 2.69. The standard InChI is InChI=1S/C17H20N2O4S/c1-10-14(18-16(24-10)19-15(22)17(2,3)4)11-5-7-12(8-6-11)23-9-13(20)21/h5-8H,9H2,1-4H3,(H,20,21)(H,18,19,22). The first-order chi connectivity index (χ1) is 11.2. The fourth-order valence-electron chi connectivity index (χ4n) is 1.86. The first-order valence-electron chi connectivity index (χ1n) is 7.41. The molecule has 1 aromatic carbocycles. The maximum atomic E-state index is 12.1. The van der Waals surface area contributed by atoms with Crippen molar-refractivity contribution in [2.24, 2.45) is 5.41 Å². The molecule has 7 heteroatoms. The van der Waals surface area contributed by atoms with Gasteiger partial charge >= 0.3 is 5.97 Å². The van der Waals surface area contributed by atoms with Gasteiger partial charge in [0.15, 0.2) is 11.7 Å². The van der Waals surface area contributed by atoms with Gasteiger partial charge in [0.25, 0.3) is 0 Å². The number of nitrogens with zero attached hydrogens (tertiary/aromatic N) is 1. The Kier molecular flexibility index (Phi) is 5.23. The van der Waals surface area contributed by atoms with Gasteiger partial charge < -0.3 is 15.2 Å². The summed E-state index contributed by atoms with van der Waals surface area (Å²) >= 11 is 1.42. The van der Waals surface area contributed by atoms with E-state index < -0.39 is 11.4 Å². The molecule has 0 aliphatic rings. The number of benzene rings is 1. The first kappa shape index (κ1) is 17.9. The second-order valence-corrected chi connectivity index (χ2v) is 7.54. The number of carbonyl (C=O) groups is 2. The number of aromatic nitrogens is 1. The number of anilines is 1. The van der Waals surface area contributed by atoms with E-state index in [0.29, 0.717) is 10.9 Å². The summed E-state index contributed by atoms with van der Waals surface area (Å²) in [4.78, 5) is 28.0. The van der Waals surface area contributed by atoms with E-state index >= 15 is 0 Å². The quantitative estimate of drug-likeness (QED) is 0.862. The smallest absolute Gasteiger partial charge is 0.341 e. The summed E-state index contributed by atoms with van der Waals surface area (Å²) < 4.78 is 5.11. The number of aliphatic carboxylic acids is 1. The third-order valence-corrected chi connectivity index (χ3v) is 4.07. The van der Waals surface area contributed by atoms with Gasteiger partial charge in [0.1, 0.15) is 5.75 Å². The van der Waals surface area contributed by atoms with Crippen molar-refractivity contribution in [3.8, 4) is 17.0 Å². The molecule has 0 bridgehead atoms. The summed E-state index contributed by atoms with van der Waals surface area (Å²) in [6.45, 7) is 7.10. The van der Waals surface area contributed by atoms with E-state index in [1.807, 2.05) is 39.8 Å². The SMILES string of the molecule is Cc1sc(NC(=O)C(C)(C)C)nc1-c1ccc(OCC(=O)O)cc1. The van der Waals surface area contributed by atoms with Gasteiger partial charge in [0.05, 0.1) is 5.69 Å². The minimum absolute atomic E-state index is 0.0831. The van der Waals surface area contributed by atoms with Crippen LogP contribution < -0.4 is 10.1 Å². The van der Waals surface area contributed by atoms with Gasteiger partial charge in [-0.3, -0.25) is 4.79 Å². The molecule has 2 rings (SSSR count). The predicted molar refractivity (Wildman–Crippen MR) is 93.5 cm³/mol. The van der Waals surface area contributed by atoms with E-state index in [1.165, 1.54) is 11.3 Å². The summed E-state index contributed by atoms with van der Waals surface area (Å²) in [5.74, 6) is -0.621. The van der Waals surface area contributed by atoms with Crippen molar-refractivity contribution < 1.29 is 19.4 Å². The number of aryl methyl sites for hydroxylation is 1. The summed E-state index contributed by atoms with van der Waals surface area (Å²) in [5.41, 5.74) is 1.18. The topological polar surface area (TPSA) is 88.5 Å². The molecule has 128 valence electrons. The zero-order valence-electron chi connectivity index (χ0n) is 14.0. The van der Waals surface area contributed by atoms with Crippen LogP contribution in [0.25, 0.3) is 11.3 Å². The van der Waals surface area contributed by atoms with Crippen LogP contribution in [-0.4, -0.2) is 28.6 Å². The van der Waals surface area contributed by atoms with Crippen LogP contribution in [0.3, 0.4) is 0 Å². The molecule has 0 saturated heterocycles.